The maximum Gasteiger partial charge on any atom is 0.355 e. The van der Waals surface area contributed by atoms with Crippen molar-refractivity contribution < 1.29 is 14.4 Å². The van der Waals surface area contributed by atoms with Gasteiger partial charge in [-0.2, -0.15) is 0 Å². The molecule has 0 atom stereocenters. The van der Waals surface area contributed by atoms with Crippen LogP contribution in [0.25, 0.3) is 0 Å². The van der Waals surface area contributed by atoms with Gasteiger partial charge in [0.25, 0.3) is 0 Å². The lowest BCUT2D eigenvalue weighted by atomic mass is 10.2. The molecule has 0 spiro atoms. The van der Waals surface area contributed by atoms with Gasteiger partial charge in [-0.3, -0.25) is 0 Å². The van der Waals surface area contributed by atoms with Crippen LogP contribution in [0.4, 0.5) is 5.13 Å². The molecule has 0 radical (unpaired) electrons. The third kappa shape index (κ3) is 2.35. The van der Waals surface area contributed by atoms with Gasteiger partial charge >= 0.3 is 5.97 Å². The molecule has 6 nitrogen and oxygen atoms in total. The van der Waals surface area contributed by atoms with Gasteiger partial charge in [-0.05, 0) is 20.8 Å². The first-order valence-corrected chi connectivity index (χ1v) is 6.17. The molecule has 0 saturated carbocycles. The van der Waals surface area contributed by atoms with Gasteiger partial charge in [-0.25, -0.2) is 9.78 Å². The zero-order valence-electron chi connectivity index (χ0n) is 10.3. The van der Waals surface area contributed by atoms with E-state index >= 15 is 0 Å². The van der Waals surface area contributed by atoms with E-state index in [1.807, 2.05) is 13.8 Å². The van der Waals surface area contributed by atoms with Crippen LogP contribution in [-0.4, -0.2) is 21.2 Å². The maximum atomic E-state index is 10.9. The molecule has 0 aliphatic heterocycles. The van der Waals surface area contributed by atoms with Crippen molar-refractivity contribution in [2.24, 2.45) is 0 Å². The van der Waals surface area contributed by atoms with E-state index in [0.717, 1.165) is 17.0 Å². The lowest BCUT2D eigenvalue weighted by molar-refractivity contribution is 0.0690. The van der Waals surface area contributed by atoms with E-state index in [4.69, 9.17) is 9.63 Å². The molecule has 18 heavy (non-hydrogen) atoms. The van der Waals surface area contributed by atoms with Crippen molar-refractivity contribution in [1.82, 2.24) is 10.1 Å². The lowest BCUT2D eigenvalue weighted by Gasteiger charge is -2.01. The normalized spacial score (nSPS) is 10.6. The molecular formula is C11H13N3O3S. The number of thiazole rings is 1. The fourth-order valence-corrected chi connectivity index (χ4v) is 2.39. The second-order valence-electron chi connectivity index (χ2n) is 3.89. The number of hydrogen-bond donors (Lipinski definition) is 2. The van der Waals surface area contributed by atoms with E-state index in [0.29, 0.717) is 16.6 Å². The van der Waals surface area contributed by atoms with E-state index in [1.54, 1.807) is 6.92 Å². The zero-order chi connectivity index (χ0) is 13.3. The zero-order valence-corrected chi connectivity index (χ0v) is 11.1. The minimum Gasteiger partial charge on any atom is -0.476 e. The Labute approximate surface area is 108 Å². The quantitative estimate of drug-likeness (QED) is 0.884. The molecule has 0 fully saturated rings. The van der Waals surface area contributed by atoms with Crippen LogP contribution in [0, 0.1) is 20.8 Å². The number of nitrogens with zero attached hydrogens (tertiary/aromatic N) is 2. The summed E-state index contributed by atoms with van der Waals surface area (Å²) in [7, 11) is 0. The standard InChI is InChI=1S/C11H13N3O3S/c1-5-8(6(2)17-14-5)4-12-11-13-9(10(15)16)7(3)18-11/h4H2,1-3H3,(H,12,13)(H,15,16). The number of aromatic carboxylic acids is 1. The topological polar surface area (TPSA) is 88.3 Å². The summed E-state index contributed by atoms with van der Waals surface area (Å²) in [5.41, 5.74) is 1.90. The number of aryl methyl sites for hydroxylation is 3. The molecule has 0 aliphatic carbocycles. The summed E-state index contributed by atoms with van der Waals surface area (Å²) in [6.07, 6.45) is 0. The Morgan fingerprint density at radius 3 is 2.67 bits per heavy atom. The van der Waals surface area contributed by atoms with Crippen molar-refractivity contribution >= 4 is 22.4 Å². The van der Waals surface area contributed by atoms with Crippen molar-refractivity contribution in [1.29, 1.82) is 0 Å². The molecule has 0 bridgehead atoms. The number of rotatable bonds is 4. The summed E-state index contributed by atoms with van der Waals surface area (Å²) in [5.74, 6) is -0.249. The Bertz CT molecular complexity index is 569. The second kappa shape index (κ2) is 4.77. The van der Waals surface area contributed by atoms with Gasteiger partial charge in [-0.1, -0.05) is 5.16 Å². The average Bonchev–Trinajstić information content (AvgIpc) is 2.81. The summed E-state index contributed by atoms with van der Waals surface area (Å²) in [6, 6.07) is 0. The molecular weight excluding hydrogens is 254 g/mol. The number of hydrogen-bond acceptors (Lipinski definition) is 6. The van der Waals surface area contributed by atoms with Crippen molar-refractivity contribution in [2.45, 2.75) is 27.3 Å². The Balaban J connectivity index is 2.11. The Kier molecular flexibility index (Phi) is 3.33. The van der Waals surface area contributed by atoms with Gasteiger partial charge in [0.05, 0.1) is 5.69 Å². The number of nitrogens with one attached hydrogen (secondary N) is 1. The third-order valence-corrected chi connectivity index (χ3v) is 3.53. The molecule has 2 N–H and O–H groups in total. The largest absolute Gasteiger partial charge is 0.476 e. The third-order valence-electron chi connectivity index (χ3n) is 2.60. The van der Waals surface area contributed by atoms with Crippen molar-refractivity contribution in [2.75, 3.05) is 5.32 Å². The number of carboxylic acid groups (broad SMARTS) is 1. The van der Waals surface area contributed by atoms with Gasteiger partial charge in [-0.15, -0.1) is 11.3 Å². The van der Waals surface area contributed by atoms with Crippen LogP contribution in [0.15, 0.2) is 4.52 Å². The SMILES string of the molecule is Cc1noc(C)c1CNc1nc(C(=O)O)c(C)s1. The minimum atomic E-state index is -1.01. The molecule has 96 valence electrons. The molecule has 0 unspecified atom stereocenters. The lowest BCUT2D eigenvalue weighted by Crippen LogP contribution is -2.02. The van der Waals surface area contributed by atoms with Gasteiger partial charge < -0.3 is 14.9 Å². The molecule has 0 saturated heterocycles. The van der Waals surface area contributed by atoms with Crippen molar-refractivity contribution in [3.8, 4) is 0 Å². The van der Waals surface area contributed by atoms with Gasteiger partial charge in [0.2, 0.25) is 0 Å². The summed E-state index contributed by atoms with van der Waals surface area (Å²) in [6.45, 7) is 5.96. The first-order valence-electron chi connectivity index (χ1n) is 5.35. The van der Waals surface area contributed by atoms with E-state index in [1.165, 1.54) is 11.3 Å². The van der Waals surface area contributed by atoms with Crippen LogP contribution in [0.3, 0.4) is 0 Å². The monoisotopic (exact) mass is 267 g/mol. The summed E-state index contributed by atoms with van der Waals surface area (Å²) in [4.78, 5) is 15.6. The molecule has 0 amide bonds. The molecule has 2 aromatic rings. The number of carboxylic acids is 1. The minimum absolute atomic E-state index is 0.0984. The van der Waals surface area contributed by atoms with E-state index in [9.17, 15) is 4.79 Å². The highest BCUT2D eigenvalue weighted by Crippen LogP contribution is 2.23. The molecule has 2 rings (SSSR count). The fourth-order valence-electron chi connectivity index (χ4n) is 1.59. The number of anilines is 1. The van der Waals surface area contributed by atoms with Crippen LogP contribution < -0.4 is 5.32 Å². The van der Waals surface area contributed by atoms with Gasteiger partial charge in [0.1, 0.15) is 5.76 Å². The molecule has 7 heteroatoms. The first-order chi connectivity index (χ1) is 8.49. The van der Waals surface area contributed by atoms with Crippen LogP contribution in [0.5, 0.6) is 0 Å². The van der Waals surface area contributed by atoms with Gasteiger partial charge in [0.15, 0.2) is 10.8 Å². The highest BCUT2D eigenvalue weighted by molar-refractivity contribution is 7.15. The van der Waals surface area contributed by atoms with E-state index < -0.39 is 5.97 Å². The number of aromatic nitrogens is 2. The first kappa shape index (κ1) is 12.6. The molecule has 2 heterocycles. The Morgan fingerprint density at radius 2 is 2.17 bits per heavy atom. The van der Waals surface area contributed by atoms with Crippen LogP contribution in [0.1, 0.15) is 32.4 Å². The van der Waals surface area contributed by atoms with E-state index in [-0.39, 0.29) is 5.69 Å². The summed E-state index contributed by atoms with van der Waals surface area (Å²) < 4.78 is 5.05. The Hall–Kier alpha value is -1.89. The average molecular weight is 267 g/mol. The van der Waals surface area contributed by atoms with E-state index in [2.05, 4.69) is 15.5 Å². The summed E-state index contributed by atoms with van der Waals surface area (Å²) in [5, 5.41) is 16.4. The summed E-state index contributed by atoms with van der Waals surface area (Å²) >= 11 is 1.32. The second-order valence-corrected chi connectivity index (χ2v) is 5.09. The van der Waals surface area contributed by atoms with Crippen LogP contribution >= 0.6 is 11.3 Å². The molecule has 0 aromatic carbocycles. The molecule has 2 aromatic heterocycles. The maximum absolute atomic E-state index is 10.9. The Morgan fingerprint density at radius 1 is 1.44 bits per heavy atom. The highest BCUT2D eigenvalue weighted by Gasteiger charge is 2.15. The molecule has 0 aliphatic rings. The number of carbonyl (C=O) groups is 1. The van der Waals surface area contributed by atoms with Crippen LogP contribution in [-0.2, 0) is 6.54 Å². The van der Waals surface area contributed by atoms with Gasteiger partial charge in [0, 0.05) is 17.0 Å². The highest BCUT2D eigenvalue weighted by atomic mass is 32.1. The predicted molar refractivity (Wildman–Crippen MR) is 67.1 cm³/mol. The van der Waals surface area contributed by atoms with Crippen molar-refractivity contribution in [3.63, 3.8) is 0 Å². The predicted octanol–water partition coefficient (Wildman–Crippen LogP) is 2.37. The smallest absolute Gasteiger partial charge is 0.355 e. The van der Waals surface area contributed by atoms with Crippen LogP contribution in [0.2, 0.25) is 0 Å². The fraction of sp³-hybridized carbons (Fsp3) is 0.364. The van der Waals surface area contributed by atoms with Crippen molar-refractivity contribution in [3.05, 3.63) is 27.6 Å².